The Kier molecular flexibility index (Phi) is 4.52. The van der Waals surface area contributed by atoms with E-state index < -0.39 is 18.4 Å². The first-order valence-electron chi connectivity index (χ1n) is 8.43. The Labute approximate surface area is 153 Å². The minimum atomic E-state index is -0.751. The molecule has 0 bridgehead atoms. The number of hydrogen-bond donors (Lipinski definition) is 5. The van der Waals surface area contributed by atoms with Crippen LogP contribution >= 0.6 is 0 Å². The summed E-state index contributed by atoms with van der Waals surface area (Å²) >= 11 is 0. The predicted octanol–water partition coefficient (Wildman–Crippen LogP) is 0.490. The minimum Gasteiger partial charge on any atom is -0.504 e. The zero-order valence-electron chi connectivity index (χ0n) is 14.2. The number of nitrogens with one attached hydrogen (secondary N) is 1. The highest BCUT2D eigenvalue weighted by Gasteiger charge is 2.35. The highest BCUT2D eigenvalue weighted by atomic mass is 16.5. The van der Waals surface area contributed by atoms with Crippen LogP contribution in [0.1, 0.15) is 18.2 Å². The first-order chi connectivity index (χ1) is 13.1. The van der Waals surface area contributed by atoms with Gasteiger partial charge in [-0.05, 0) is 17.7 Å². The van der Waals surface area contributed by atoms with Crippen molar-refractivity contribution in [3.8, 4) is 11.5 Å². The Hall–Kier alpha value is -2.95. The number of aliphatic hydroxyl groups is 2. The van der Waals surface area contributed by atoms with Crippen molar-refractivity contribution < 1.29 is 25.2 Å². The molecule has 1 saturated heterocycles. The molecule has 0 amide bonds. The summed E-state index contributed by atoms with van der Waals surface area (Å²) in [5, 5.41) is 41.3. The summed E-state index contributed by atoms with van der Waals surface area (Å²) in [5.41, 5.74) is 1.83. The highest BCUT2D eigenvalue weighted by molar-refractivity contribution is 5.82. The lowest BCUT2D eigenvalue weighted by atomic mass is 10.2. The second-order valence-electron chi connectivity index (χ2n) is 6.34. The predicted molar refractivity (Wildman–Crippen MR) is 94.0 cm³/mol. The SMILES string of the molecule is OC[C@H]1OC(n2cnc3c(NCc4ccc(O)c(O)c4)ncnc32)C[C@@H]1O. The molecular weight excluding hydrogens is 354 g/mol. The van der Waals surface area contributed by atoms with E-state index in [0.717, 1.165) is 5.56 Å². The number of aromatic nitrogens is 4. The van der Waals surface area contributed by atoms with Crippen LogP contribution in [-0.2, 0) is 11.3 Å². The molecule has 10 nitrogen and oxygen atoms in total. The monoisotopic (exact) mass is 373 g/mol. The molecule has 1 aromatic carbocycles. The Morgan fingerprint density at radius 2 is 2.04 bits per heavy atom. The van der Waals surface area contributed by atoms with Crippen molar-refractivity contribution >= 4 is 17.0 Å². The zero-order chi connectivity index (χ0) is 19.0. The first-order valence-corrected chi connectivity index (χ1v) is 8.43. The number of phenols is 2. The van der Waals surface area contributed by atoms with E-state index in [1.54, 1.807) is 17.0 Å². The van der Waals surface area contributed by atoms with E-state index in [1.807, 2.05) is 0 Å². The van der Waals surface area contributed by atoms with Crippen molar-refractivity contribution in [1.82, 2.24) is 19.5 Å². The molecule has 1 unspecified atom stereocenters. The van der Waals surface area contributed by atoms with Crippen LogP contribution < -0.4 is 5.32 Å². The standard InChI is InChI=1S/C17H19N5O5/c23-6-13-12(26)4-14(27-13)22-8-21-15-16(19-7-20-17(15)22)18-5-9-1-2-10(24)11(25)3-9/h1-3,7-8,12-14,23-26H,4-6H2,(H,18,19,20)/t12-,13+,14?/m0/s1. The summed E-state index contributed by atoms with van der Waals surface area (Å²) in [7, 11) is 0. The molecule has 142 valence electrons. The van der Waals surface area contributed by atoms with Crippen LogP contribution in [0, 0.1) is 0 Å². The van der Waals surface area contributed by atoms with Gasteiger partial charge < -0.3 is 30.5 Å². The van der Waals surface area contributed by atoms with Gasteiger partial charge in [0.2, 0.25) is 0 Å². The minimum absolute atomic E-state index is 0.179. The van der Waals surface area contributed by atoms with Gasteiger partial charge in [-0.2, -0.15) is 0 Å². The number of hydrogen-bond acceptors (Lipinski definition) is 9. The van der Waals surface area contributed by atoms with Gasteiger partial charge in [-0.1, -0.05) is 6.07 Å². The molecule has 1 fully saturated rings. The molecule has 2 aromatic heterocycles. The third kappa shape index (κ3) is 3.25. The van der Waals surface area contributed by atoms with Gasteiger partial charge in [0.1, 0.15) is 18.7 Å². The van der Waals surface area contributed by atoms with Crippen molar-refractivity contribution in [3.05, 3.63) is 36.4 Å². The highest BCUT2D eigenvalue weighted by Crippen LogP contribution is 2.31. The summed E-state index contributed by atoms with van der Waals surface area (Å²) in [6.45, 7) is 0.101. The summed E-state index contributed by atoms with van der Waals surface area (Å²) in [6.07, 6.45) is 1.43. The number of phenolic OH excluding ortho intramolecular Hbond substituents is 2. The van der Waals surface area contributed by atoms with Gasteiger partial charge in [-0.25, -0.2) is 15.0 Å². The average molecular weight is 373 g/mol. The van der Waals surface area contributed by atoms with Gasteiger partial charge in [-0.3, -0.25) is 4.57 Å². The molecule has 0 radical (unpaired) electrons. The topological polar surface area (TPSA) is 146 Å². The van der Waals surface area contributed by atoms with Crippen molar-refractivity contribution in [2.75, 3.05) is 11.9 Å². The van der Waals surface area contributed by atoms with Crippen molar-refractivity contribution in [2.24, 2.45) is 0 Å². The van der Waals surface area contributed by atoms with Crippen LogP contribution in [-0.4, -0.2) is 58.8 Å². The Morgan fingerprint density at radius 1 is 1.19 bits per heavy atom. The molecule has 1 aliphatic heterocycles. The molecule has 0 aliphatic carbocycles. The lowest BCUT2D eigenvalue weighted by molar-refractivity contribution is -0.0432. The smallest absolute Gasteiger partial charge is 0.167 e. The normalized spacial score (nSPS) is 22.4. The third-order valence-corrected chi connectivity index (χ3v) is 4.55. The molecule has 3 atom stereocenters. The van der Waals surface area contributed by atoms with Crippen LogP contribution in [0.4, 0.5) is 5.82 Å². The van der Waals surface area contributed by atoms with Gasteiger partial charge in [-0.15, -0.1) is 0 Å². The number of benzene rings is 1. The van der Waals surface area contributed by atoms with Crippen molar-refractivity contribution in [2.45, 2.75) is 31.4 Å². The maximum Gasteiger partial charge on any atom is 0.167 e. The van der Waals surface area contributed by atoms with Gasteiger partial charge in [0, 0.05) is 13.0 Å². The number of anilines is 1. The maximum absolute atomic E-state index is 9.93. The third-order valence-electron chi connectivity index (χ3n) is 4.55. The molecule has 1 aliphatic rings. The molecular formula is C17H19N5O5. The van der Waals surface area contributed by atoms with Crippen LogP contribution in [0.5, 0.6) is 11.5 Å². The summed E-state index contributed by atoms with van der Waals surface area (Å²) in [5.74, 6) is 0.132. The Balaban J connectivity index is 1.56. The van der Waals surface area contributed by atoms with E-state index in [9.17, 15) is 20.4 Å². The van der Waals surface area contributed by atoms with E-state index in [2.05, 4.69) is 20.3 Å². The molecule has 0 spiro atoms. The Bertz CT molecular complexity index is 962. The van der Waals surface area contributed by atoms with Crippen molar-refractivity contribution in [3.63, 3.8) is 0 Å². The second-order valence-corrected chi connectivity index (χ2v) is 6.34. The molecule has 4 rings (SSSR count). The fourth-order valence-corrected chi connectivity index (χ4v) is 3.11. The molecule has 3 aromatic rings. The molecule has 10 heteroatoms. The molecule has 0 saturated carbocycles. The molecule has 3 heterocycles. The Morgan fingerprint density at radius 3 is 2.78 bits per heavy atom. The van der Waals surface area contributed by atoms with Gasteiger partial charge >= 0.3 is 0 Å². The van der Waals surface area contributed by atoms with Crippen LogP contribution in [0.3, 0.4) is 0 Å². The fraction of sp³-hybridized carbons (Fsp3) is 0.353. The zero-order valence-corrected chi connectivity index (χ0v) is 14.2. The lowest BCUT2D eigenvalue weighted by Gasteiger charge is -2.13. The maximum atomic E-state index is 9.93. The summed E-state index contributed by atoms with van der Waals surface area (Å²) in [6, 6.07) is 4.56. The number of ether oxygens (including phenoxy) is 1. The van der Waals surface area contributed by atoms with E-state index in [0.29, 0.717) is 29.9 Å². The number of nitrogens with zero attached hydrogens (tertiary/aromatic N) is 4. The van der Waals surface area contributed by atoms with E-state index >= 15 is 0 Å². The van der Waals surface area contributed by atoms with Gasteiger partial charge in [0.15, 0.2) is 28.5 Å². The van der Waals surface area contributed by atoms with E-state index in [4.69, 9.17) is 4.74 Å². The largest absolute Gasteiger partial charge is 0.504 e. The van der Waals surface area contributed by atoms with Crippen molar-refractivity contribution in [1.29, 1.82) is 0 Å². The summed E-state index contributed by atoms with van der Waals surface area (Å²) < 4.78 is 7.36. The first kappa shape index (κ1) is 17.5. The van der Waals surface area contributed by atoms with Gasteiger partial charge in [0.05, 0.1) is 19.0 Å². The van der Waals surface area contributed by atoms with E-state index in [-0.39, 0.29) is 18.1 Å². The lowest BCUT2D eigenvalue weighted by Crippen LogP contribution is -2.24. The fourth-order valence-electron chi connectivity index (χ4n) is 3.11. The summed E-state index contributed by atoms with van der Waals surface area (Å²) in [4.78, 5) is 12.8. The average Bonchev–Trinajstić information content (AvgIpc) is 3.26. The van der Waals surface area contributed by atoms with Gasteiger partial charge in [0.25, 0.3) is 0 Å². The second kappa shape index (κ2) is 6.99. The number of aromatic hydroxyl groups is 2. The van der Waals surface area contributed by atoms with Crippen LogP contribution in [0.25, 0.3) is 11.2 Å². The number of imidazole rings is 1. The number of aliphatic hydroxyl groups excluding tert-OH is 2. The molecule has 5 N–H and O–H groups in total. The quantitative estimate of drug-likeness (QED) is 0.403. The molecule has 27 heavy (non-hydrogen) atoms. The van der Waals surface area contributed by atoms with Crippen LogP contribution in [0.15, 0.2) is 30.9 Å². The number of fused-ring (bicyclic) bond motifs is 1. The van der Waals surface area contributed by atoms with E-state index in [1.165, 1.54) is 18.5 Å². The van der Waals surface area contributed by atoms with Crippen LogP contribution in [0.2, 0.25) is 0 Å². The number of rotatable bonds is 5.